The van der Waals surface area contributed by atoms with E-state index in [1.165, 1.54) is 6.20 Å². The summed E-state index contributed by atoms with van der Waals surface area (Å²) in [5, 5.41) is 3.31. The Balaban J connectivity index is 2.85. The van der Waals surface area contributed by atoms with Crippen LogP contribution in [0.15, 0.2) is 12.3 Å². The summed E-state index contributed by atoms with van der Waals surface area (Å²) in [7, 11) is 2.03. The number of anilines is 1. The molecule has 0 radical (unpaired) electrons. The lowest BCUT2D eigenvalue weighted by Crippen LogP contribution is -2.31. The smallest absolute Gasteiger partial charge is 0.141 e. The zero-order valence-corrected chi connectivity index (χ0v) is 12.5. The molecule has 0 bridgehead atoms. The van der Waals surface area contributed by atoms with E-state index in [4.69, 9.17) is 0 Å². The van der Waals surface area contributed by atoms with Gasteiger partial charge in [-0.1, -0.05) is 20.3 Å². The summed E-state index contributed by atoms with van der Waals surface area (Å²) in [5.41, 5.74) is 0.930. The van der Waals surface area contributed by atoms with Gasteiger partial charge in [0.1, 0.15) is 11.6 Å². The van der Waals surface area contributed by atoms with Crippen LogP contribution in [0, 0.1) is 5.82 Å². The Labute approximate surface area is 116 Å². The molecule has 1 N–H and O–H groups in total. The average Bonchev–Trinajstić information content (AvgIpc) is 2.39. The lowest BCUT2D eigenvalue weighted by molar-refractivity contribution is 0.590. The van der Waals surface area contributed by atoms with E-state index in [0.29, 0.717) is 12.6 Å². The van der Waals surface area contributed by atoms with Crippen molar-refractivity contribution in [2.45, 2.75) is 52.6 Å². The Kier molecular flexibility index (Phi) is 6.78. The minimum Gasteiger partial charge on any atom is -0.357 e. The Hall–Kier alpha value is -1.16. The maximum atomic E-state index is 13.4. The second kappa shape index (κ2) is 8.10. The van der Waals surface area contributed by atoms with Crippen LogP contribution in [0.2, 0.25) is 0 Å². The van der Waals surface area contributed by atoms with E-state index in [0.717, 1.165) is 37.2 Å². The third-order valence-corrected chi connectivity index (χ3v) is 3.35. The van der Waals surface area contributed by atoms with E-state index >= 15 is 0 Å². The van der Waals surface area contributed by atoms with Crippen molar-refractivity contribution in [3.63, 3.8) is 0 Å². The zero-order chi connectivity index (χ0) is 14.3. The zero-order valence-electron chi connectivity index (χ0n) is 12.5. The largest absolute Gasteiger partial charge is 0.357 e. The highest BCUT2D eigenvalue weighted by Crippen LogP contribution is 2.20. The van der Waals surface area contributed by atoms with Gasteiger partial charge in [-0.15, -0.1) is 0 Å². The number of pyridine rings is 1. The van der Waals surface area contributed by atoms with Gasteiger partial charge in [0.2, 0.25) is 0 Å². The van der Waals surface area contributed by atoms with E-state index in [-0.39, 0.29) is 5.82 Å². The van der Waals surface area contributed by atoms with Crippen LogP contribution >= 0.6 is 0 Å². The summed E-state index contributed by atoms with van der Waals surface area (Å²) >= 11 is 0. The highest BCUT2D eigenvalue weighted by Gasteiger charge is 2.15. The molecule has 0 saturated carbocycles. The standard InChI is InChI=1S/C15H26FN3/c1-5-7-12(3)19(4)15-13(10-17-8-6-2)9-14(16)11-18-15/h9,11-12,17H,5-8,10H2,1-4H3. The van der Waals surface area contributed by atoms with Crippen molar-refractivity contribution in [3.8, 4) is 0 Å². The van der Waals surface area contributed by atoms with Crippen molar-refractivity contribution >= 4 is 5.82 Å². The third kappa shape index (κ3) is 4.78. The summed E-state index contributed by atoms with van der Waals surface area (Å²) in [6.07, 6.45) is 4.61. The normalized spacial score (nSPS) is 12.5. The molecule has 0 spiro atoms. The second-order valence-electron chi connectivity index (χ2n) is 5.06. The summed E-state index contributed by atoms with van der Waals surface area (Å²) in [5.74, 6) is 0.611. The van der Waals surface area contributed by atoms with Crippen LogP contribution in [0.3, 0.4) is 0 Å². The van der Waals surface area contributed by atoms with Crippen LogP contribution in [0.25, 0.3) is 0 Å². The lowest BCUT2D eigenvalue weighted by atomic mass is 10.1. The Bertz CT molecular complexity index is 382. The fraction of sp³-hybridized carbons (Fsp3) is 0.667. The number of rotatable bonds is 8. The predicted molar refractivity (Wildman–Crippen MR) is 79.0 cm³/mol. The van der Waals surface area contributed by atoms with Gasteiger partial charge in [-0.2, -0.15) is 0 Å². The fourth-order valence-electron chi connectivity index (χ4n) is 2.14. The number of nitrogens with one attached hydrogen (secondary N) is 1. The molecule has 0 aliphatic heterocycles. The maximum Gasteiger partial charge on any atom is 0.141 e. The van der Waals surface area contributed by atoms with Gasteiger partial charge >= 0.3 is 0 Å². The molecule has 4 heteroatoms. The first-order valence-electron chi connectivity index (χ1n) is 7.18. The van der Waals surface area contributed by atoms with Crippen LogP contribution in [-0.4, -0.2) is 24.6 Å². The number of hydrogen-bond acceptors (Lipinski definition) is 3. The topological polar surface area (TPSA) is 28.2 Å². The van der Waals surface area contributed by atoms with Crippen LogP contribution in [0.4, 0.5) is 10.2 Å². The average molecular weight is 267 g/mol. The molecule has 0 fully saturated rings. The first-order valence-corrected chi connectivity index (χ1v) is 7.18. The van der Waals surface area contributed by atoms with Crippen LogP contribution < -0.4 is 10.2 Å². The molecule has 0 aliphatic carbocycles. The van der Waals surface area contributed by atoms with Gasteiger partial charge in [0, 0.05) is 25.2 Å². The summed E-state index contributed by atoms with van der Waals surface area (Å²) in [6, 6.07) is 1.99. The minimum absolute atomic E-state index is 0.270. The Morgan fingerprint density at radius 2 is 2.11 bits per heavy atom. The van der Waals surface area contributed by atoms with E-state index in [9.17, 15) is 4.39 Å². The highest BCUT2D eigenvalue weighted by molar-refractivity contribution is 5.47. The van der Waals surface area contributed by atoms with Gasteiger partial charge in [0.15, 0.2) is 0 Å². The van der Waals surface area contributed by atoms with Gasteiger partial charge in [0.05, 0.1) is 6.20 Å². The van der Waals surface area contributed by atoms with Crippen LogP contribution in [-0.2, 0) is 6.54 Å². The summed E-state index contributed by atoms with van der Waals surface area (Å²) in [6.45, 7) is 8.07. The summed E-state index contributed by atoms with van der Waals surface area (Å²) in [4.78, 5) is 6.42. The molecule has 0 aliphatic rings. The molecule has 1 aromatic rings. The SMILES string of the molecule is CCCNCc1cc(F)cnc1N(C)C(C)CCC. The van der Waals surface area contributed by atoms with Crippen molar-refractivity contribution in [2.24, 2.45) is 0 Å². The molecule has 19 heavy (non-hydrogen) atoms. The second-order valence-corrected chi connectivity index (χ2v) is 5.06. The van der Waals surface area contributed by atoms with E-state index in [2.05, 4.69) is 36.0 Å². The highest BCUT2D eigenvalue weighted by atomic mass is 19.1. The van der Waals surface area contributed by atoms with E-state index < -0.39 is 0 Å². The molecule has 3 nitrogen and oxygen atoms in total. The van der Waals surface area contributed by atoms with Crippen molar-refractivity contribution < 1.29 is 4.39 Å². The number of halogens is 1. The number of hydrogen-bond donors (Lipinski definition) is 1. The molecule has 1 rings (SSSR count). The Morgan fingerprint density at radius 1 is 1.37 bits per heavy atom. The molecule has 1 heterocycles. The molecule has 1 unspecified atom stereocenters. The van der Waals surface area contributed by atoms with Gasteiger partial charge < -0.3 is 10.2 Å². The number of aromatic nitrogens is 1. The molecular formula is C15H26FN3. The van der Waals surface area contributed by atoms with Crippen LogP contribution in [0.1, 0.15) is 45.6 Å². The van der Waals surface area contributed by atoms with E-state index in [1.54, 1.807) is 6.07 Å². The number of nitrogens with zero attached hydrogens (tertiary/aromatic N) is 2. The van der Waals surface area contributed by atoms with Gasteiger partial charge in [0.25, 0.3) is 0 Å². The van der Waals surface area contributed by atoms with Crippen molar-refractivity contribution in [2.75, 3.05) is 18.5 Å². The molecule has 0 amide bonds. The lowest BCUT2D eigenvalue weighted by Gasteiger charge is -2.27. The molecule has 108 valence electrons. The Morgan fingerprint density at radius 3 is 2.74 bits per heavy atom. The molecule has 0 aromatic carbocycles. The minimum atomic E-state index is -0.270. The molecular weight excluding hydrogens is 241 g/mol. The van der Waals surface area contributed by atoms with Crippen molar-refractivity contribution in [3.05, 3.63) is 23.6 Å². The maximum absolute atomic E-state index is 13.4. The van der Waals surface area contributed by atoms with Crippen LogP contribution in [0.5, 0.6) is 0 Å². The third-order valence-electron chi connectivity index (χ3n) is 3.35. The first kappa shape index (κ1) is 15.9. The van der Waals surface area contributed by atoms with Gasteiger partial charge in [-0.05, 0) is 32.4 Å². The predicted octanol–water partition coefficient (Wildman–Crippen LogP) is 3.35. The molecule has 1 atom stereocenters. The summed E-state index contributed by atoms with van der Waals surface area (Å²) < 4.78 is 13.4. The molecule has 1 aromatic heterocycles. The van der Waals surface area contributed by atoms with E-state index in [1.807, 2.05) is 7.05 Å². The monoisotopic (exact) mass is 267 g/mol. The van der Waals surface area contributed by atoms with Gasteiger partial charge in [-0.3, -0.25) is 0 Å². The van der Waals surface area contributed by atoms with Crippen molar-refractivity contribution in [1.29, 1.82) is 0 Å². The van der Waals surface area contributed by atoms with Crippen molar-refractivity contribution in [1.82, 2.24) is 10.3 Å². The fourth-order valence-corrected chi connectivity index (χ4v) is 2.14. The first-order chi connectivity index (χ1) is 9.10. The molecule has 0 saturated heterocycles. The quantitative estimate of drug-likeness (QED) is 0.732. The van der Waals surface area contributed by atoms with Gasteiger partial charge in [-0.25, -0.2) is 9.37 Å².